The number of carbonyl (C=O) groups is 1. The fourth-order valence-corrected chi connectivity index (χ4v) is 3.97. The number of hydrogen-bond acceptors (Lipinski definition) is 4. The van der Waals surface area contributed by atoms with Crippen molar-refractivity contribution in [3.05, 3.63) is 86.8 Å². The van der Waals surface area contributed by atoms with Crippen molar-refractivity contribution in [1.29, 1.82) is 0 Å². The molecule has 7 heteroatoms. The van der Waals surface area contributed by atoms with E-state index in [9.17, 15) is 4.79 Å². The zero-order valence-electron chi connectivity index (χ0n) is 19.7. The Hall–Kier alpha value is -2.70. The van der Waals surface area contributed by atoms with Crippen LogP contribution in [-0.2, 0) is 13.2 Å². The van der Waals surface area contributed by atoms with E-state index in [2.05, 4.69) is 40.4 Å². The van der Waals surface area contributed by atoms with Crippen molar-refractivity contribution < 1.29 is 14.3 Å². The fourth-order valence-electron chi connectivity index (χ4n) is 3.24. The topological polar surface area (TPSA) is 59.6 Å². The number of halogens is 2. The highest BCUT2D eigenvalue weighted by atomic mass is 79.9. The summed E-state index contributed by atoms with van der Waals surface area (Å²) in [4.78, 5) is 12.4. The van der Waals surface area contributed by atoms with Crippen LogP contribution in [0.5, 0.6) is 11.5 Å². The van der Waals surface area contributed by atoms with Crippen LogP contribution in [0.15, 0.2) is 65.1 Å². The van der Waals surface area contributed by atoms with Crippen LogP contribution >= 0.6 is 27.5 Å². The first kappa shape index (κ1) is 25.9. The summed E-state index contributed by atoms with van der Waals surface area (Å²) in [7, 11) is 0. The first-order valence-corrected chi connectivity index (χ1v) is 12.5. The molecule has 0 radical (unpaired) electrons. The van der Waals surface area contributed by atoms with Crippen molar-refractivity contribution in [1.82, 2.24) is 5.32 Å². The molecule has 0 aliphatic heterocycles. The van der Waals surface area contributed by atoms with Gasteiger partial charge in [0, 0.05) is 29.4 Å². The van der Waals surface area contributed by atoms with E-state index in [0.717, 1.165) is 21.3 Å². The number of benzene rings is 3. The van der Waals surface area contributed by atoms with Crippen LogP contribution in [-0.4, -0.2) is 19.1 Å². The maximum absolute atomic E-state index is 12.4. The Morgan fingerprint density at radius 3 is 2.50 bits per heavy atom. The van der Waals surface area contributed by atoms with Gasteiger partial charge >= 0.3 is 0 Å². The molecule has 34 heavy (non-hydrogen) atoms. The van der Waals surface area contributed by atoms with E-state index < -0.39 is 0 Å². The van der Waals surface area contributed by atoms with Gasteiger partial charge in [-0.2, -0.15) is 0 Å². The quantitative estimate of drug-likeness (QED) is 0.270. The lowest BCUT2D eigenvalue weighted by Gasteiger charge is -2.16. The molecular formula is C27H30BrClN2O3. The first-order valence-electron chi connectivity index (χ1n) is 11.3. The third-order valence-corrected chi connectivity index (χ3v) is 5.80. The second-order valence-electron chi connectivity index (χ2n) is 8.29. The second-order valence-corrected chi connectivity index (χ2v) is 9.58. The van der Waals surface area contributed by atoms with E-state index in [1.54, 1.807) is 0 Å². The molecule has 180 valence electrons. The molecule has 0 fully saturated rings. The molecule has 2 N–H and O–H groups in total. The Morgan fingerprint density at radius 2 is 1.79 bits per heavy atom. The Labute approximate surface area is 214 Å². The van der Waals surface area contributed by atoms with Crippen molar-refractivity contribution in [3.63, 3.8) is 0 Å². The molecular weight excluding hydrogens is 516 g/mol. The van der Waals surface area contributed by atoms with Crippen molar-refractivity contribution in [3.8, 4) is 11.5 Å². The van der Waals surface area contributed by atoms with Crippen LogP contribution in [0.3, 0.4) is 0 Å². The summed E-state index contributed by atoms with van der Waals surface area (Å²) in [6, 6.07) is 19.0. The number of rotatable bonds is 11. The maximum Gasteiger partial charge on any atom is 0.251 e. The summed E-state index contributed by atoms with van der Waals surface area (Å²) in [5.41, 5.74) is 3.53. The predicted octanol–water partition coefficient (Wildman–Crippen LogP) is 7.08. The summed E-state index contributed by atoms with van der Waals surface area (Å²) in [6.07, 6.45) is 0. The van der Waals surface area contributed by atoms with E-state index in [1.165, 1.54) is 0 Å². The summed E-state index contributed by atoms with van der Waals surface area (Å²) in [5.74, 6) is 1.66. The molecule has 1 amide bonds. The zero-order chi connectivity index (χ0) is 24.5. The average molecular weight is 546 g/mol. The van der Waals surface area contributed by atoms with E-state index in [4.69, 9.17) is 21.1 Å². The van der Waals surface area contributed by atoms with Crippen molar-refractivity contribution >= 4 is 39.1 Å². The van der Waals surface area contributed by atoms with Gasteiger partial charge in [0.15, 0.2) is 11.5 Å². The van der Waals surface area contributed by atoms with Crippen molar-refractivity contribution in [2.45, 2.75) is 33.9 Å². The molecule has 0 atom stereocenters. The van der Waals surface area contributed by atoms with E-state index in [1.807, 2.05) is 67.6 Å². The van der Waals surface area contributed by atoms with Crippen LogP contribution < -0.4 is 20.1 Å². The van der Waals surface area contributed by atoms with Gasteiger partial charge in [-0.05, 0) is 82.4 Å². The minimum Gasteiger partial charge on any atom is -0.490 e. The Kier molecular flexibility index (Phi) is 9.66. The van der Waals surface area contributed by atoms with Gasteiger partial charge in [-0.15, -0.1) is 0 Å². The highest BCUT2D eigenvalue weighted by Crippen LogP contribution is 2.37. The van der Waals surface area contributed by atoms with Gasteiger partial charge in [-0.3, -0.25) is 4.79 Å². The molecule has 0 heterocycles. The average Bonchev–Trinajstić information content (AvgIpc) is 2.82. The van der Waals surface area contributed by atoms with Crippen molar-refractivity contribution in [2.75, 3.05) is 18.5 Å². The van der Waals surface area contributed by atoms with Gasteiger partial charge < -0.3 is 20.1 Å². The summed E-state index contributed by atoms with van der Waals surface area (Å²) in [5, 5.41) is 7.03. The normalized spacial score (nSPS) is 10.8. The minimum absolute atomic E-state index is 0.0686. The lowest BCUT2D eigenvalue weighted by molar-refractivity contribution is 0.0949. The number of nitrogens with one attached hydrogen (secondary N) is 2. The number of ether oxygens (including phenoxy) is 2. The van der Waals surface area contributed by atoms with Gasteiger partial charge in [0.2, 0.25) is 0 Å². The SMILES string of the molecule is CCOc1cc(CNc2cccc(C(=O)NCC(C)C)c2)cc(Br)c1OCc1ccc(Cl)cc1. The molecule has 0 aliphatic carbocycles. The van der Waals surface area contributed by atoms with Gasteiger partial charge in [-0.25, -0.2) is 0 Å². The van der Waals surface area contributed by atoms with Crippen LogP contribution in [0.25, 0.3) is 0 Å². The molecule has 0 aromatic heterocycles. The molecule has 3 aromatic rings. The lowest BCUT2D eigenvalue weighted by Crippen LogP contribution is -2.27. The molecule has 0 bridgehead atoms. The molecule has 0 saturated heterocycles. The van der Waals surface area contributed by atoms with Crippen molar-refractivity contribution in [2.24, 2.45) is 5.92 Å². The van der Waals surface area contributed by atoms with E-state index in [0.29, 0.717) is 54.3 Å². The molecule has 0 saturated carbocycles. The number of anilines is 1. The third-order valence-electron chi connectivity index (χ3n) is 4.96. The largest absolute Gasteiger partial charge is 0.490 e. The Morgan fingerprint density at radius 1 is 1.03 bits per heavy atom. The number of amides is 1. The highest BCUT2D eigenvalue weighted by Gasteiger charge is 2.13. The Bertz CT molecular complexity index is 1100. The fraction of sp³-hybridized carbons (Fsp3) is 0.296. The number of hydrogen-bond donors (Lipinski definition) is 2. The minimum atomic E-state index is -0.0686. The molecule has 0 aliphatic rings. The molecule has 3 aromatic carbocycles. The molecule has 3 rings (SSSR count). The monoisotopic (exact) mass is 544 g/mol. The molecule has 0 spiro atoms. The van der Waals surface area contributed by atoms with E-state index >= 15 is 0 Å². The van der Waals surface area contributed by atoms with Gasteiger partial charge in [-0.1, -0.05) is 43.6 Å². The van der Waals surface area contributed by atoms with E-state index in [-0.39, 0.29) is 5.91 Å². The first-order chi connectivity index (χ1) is 16.4. The summed E-state index contributed by atoms with van der Waals surface area (Å²) < 4.78 is 12.7. The van der Waals surface area contributed by atoms with Gasteiger partial charge in [0.1, 0.15) is 6.61 Å². The second kappa shape index (κ2) is 12.7. The highest BCUT2D eigenvalue weighted by molar-refractivity contribution is 9.10. The van der Waals surface area contributed by atoms with Crippen LogP contribution in [0.2, 0.25) is 5.02 Å². The molecule has 5 nitrogen and oxygen atoms in total. The van der Waals surface area contributed by atoms with Crippen LogP contribution in [0.4, 0.5) is 5.69 Å². The smallest absolute Gasteiger partial charge is 0.251 e. The standard InChI is InChI=1S/C27H30BrClN2O3/c1-4-33-25-13-20(12-24(28)26(25)34-17-19-8-10-22(29)11-9-19)16-30-23-7-5-6-21(14-23)27(32)31-15-18(2)3/h5-14,18,30H,4,15-17H2,1-3H3,(H,31,32). The summed E-state index contributed by atoms with van der Waals surface area (Å²) >= 11 is 9.60. The van der Waals surface area contributed by atoms with Crippen LogP contribution in [0.1, 0.15) is 42.3 Å². The zero-order valence-corrected chi connectivity index (χ0v) is 22.0. The Balaban J connectivity index is 1.68. The lowest BCUT2D eigenvalue weighted by atomic mass is 10.1. The van der Waals surface area contributed by atoms with Gasteiger partial charge in [0.25, 0.3) is 5.91 Å². The number of carbonyl (C=O) groups excluding carboxylic acids is 1. The predicted molar refractivity (Wildman–Crippen MR) is 142 cm³/mol. The van der Waals surface area contributed by atoms with Crippen LogP contribution in [0, 0.1) is 5.92 Å². The third kappa shape index (κ3) is 7.67. The summed E-state index contributed by atoms with van der Waals surface area (Å²) in [6.45, 7) is 8.22. The maximum atomic E-state index is 12.4. The van der Waals surface area contributed by atoms with Gasteiger partial charge in [0.05, 0.1) is 11.1 Å². The molecule has 0 unspecified atom stereocenters.